The normalized spacial score (nSPS) is 53.8. The van der Waals surface area contributed by atoms with Crippen molar-refractivity contribution < 1.29 is 64.2 Å². The standard InChI is InChI=1S/C23H46N6O13/c24-2-7-13(32)15(34)10(28)21(37-7)40-18-6(27)1-5(26)12(31)20(18)42-23-17(36)19(9(4-30)39-23)41-22-11(29)16(35)14(33)8(3-25)38-22/h5-23,30-36H,1-4,24-29H2/t5-,6?,7?,8+,9-,10?,11?,12?,13?,14?,15-,16?,17?,18?,19?,20-,21-,22-,23+/m1/s1. The summed E-state index contributed by atoms with van der Waals surface area (Å²) in [4.78, 5) is 0. The van der Waals surface area contributed by atoms with Crippen LogP contribution in [0.1, 0.15) is 6.42 Å². The van der Waals surface area contributed by atoms with Crippen LogP contribution in [0.4, 0.5) is 0 Å². The zero-order valence-electron chi connectivity index (χ0n) is 22.8. The van der Waals surface area contributed by atoms with E-state index in [1.807, 2.05) is 0 Å². The van der Waals surface area contributed by atoms with Gasteiger partial charge in [0.25, 0.3) is 0 Å². The Morgan fingerprint density at radius 2 is 0.976 bits per heavy atom. The molecule has 0 aromatic heterocycles. The van der Waals surface area contributed by atoms with Crippen molar-refractivity contribution in [1.82, 2.24) is 0 Å². The average molecular weight is 615 g/mol. The minimum atomic E-state index is -1.60. The van der Waals surface area contributed by atoms with Gasteiger partial charge < -0.3 is 98.6 Å². The van der Waals surface area contributed by atoms with Crippen molar-refractivity contribution in [3.63, 3.8) is 0 Å². The molecule has 0 bridgehead atoms. The van der Waals surface area contributed by atoms with E-state index >= 15 is 0 Å². The molecule has 19 heteroatoms. The van der Waals surface area contributed by atoms with Gasteiger partial charge in [0.1, 0.15) is 67.1 Å². The zero-order chi connectivity index (χ0) is 31.0. The van der Waals surface area contributed by atoms with E-state index in [0.29, 0.717) is 0 Å². The lowest BCUT2D eigenvalue weighted by molar-refractivity contribution is -0.306. The summed E-state index contributed by atoms with van der Waals surface area (Å²) < 4.78 is 34.6. The van der Waals surface area contributed by atoms with E-state index < -0.39 is 123 Å². The molecule has 0 aromatic rings. The molecule has 1 aliphatic carbocycles. The van der Waals surface area contributed by atoms with Crippen LogP contribution in [0.3, 0.4) is 0 Å². The number of ether oxygens (including phenoxy) is 6. The summed E-state index contributed by atoms with van der Waals surface area (Å²) >= 11 is 0. The van der Waals surface area contributed by atoms with Gasteiger partial charge in [-0.1, -0.05) is 0 Å². The minimum Gasteiger partial charge on any atom is -0.394 e. The second kappa shape index (κ2) is 14.1. The van der Waals surface area contributed by atoms with Crippen molar-refractivity contribution in [3.05, 3.63) is 0 Å². The fourth-order valence-corrected chi connectivity index (χ4v) is 5.74. The highest BCUT2D eigenvalue weighted by Gasteiger charge is 2.54. The molecule has 3 saturated heterocycles. The molecule has 0 radical (unpaired) electrons. The summed E-state index contributed by atoms with van der Waals surface area (Å²) in [5, 5.41) is 73.0. The summed E-state index contributed by atoms with van der Waals surface area (Å²) in [6, 6.07) is -4.18. The number of rotatable bonds is 9. The Morgan fingerprint density at radius 3 is 1.45 bits per heavy atom. The zero-order valence-corrected chi connectivity index (χ0v) is 22.8. The molecule has 3 aliphatic heterocycles. The number of nitrogens with two attached hydrogens (primary N) is 6. The molecule has 42 heavy (non-hydrogen) atoms. The van der Waals surface area contributed by atoms with E-state index in [1.165, 1.54) is 0 Å². The van der Waals surface area contributed by atoms with Gasteiger partial charge in [0.2, 0.25) is 0 Å². The molecule has 0 spiro atoms. The van der Waals surface area contributed by atoms with Gasteiger partial charge >= 0.3 is 0 Å². The highest BCUT2D eigenvalue weighted by molar-refractivity contribution is 5.02. The Labute approximate surface area is 241 Å². The lowest BCUT2D eigenvalue weighted by Crippen LogP contribution is -2.68. The maximum absolute atomic E-state index is 11.1. The fraction of sp³-hybridized carbons (Fsp3) is 1.00. The second-order valence-electron chi connectivity index (χ2n) is 11.2. The van der Waals surface area contributed by atoms with Crippen LogP contribution in [0, 0.1) is 0 Å². The minimum absolute atomic E-state index is 0.0889. The van der Waals surface area contributed by atoms with E-state index in [1.54, 1.807) is 0 Å². The van der Waals surface area contributed by atoms with Gasteiger partial charge in [0.15, 0.2) is 18.9 Å². The first-order valence-corrected chi connectivity index (χ1v) is 13.9. The monoisotopic (exact) mass is 614 g/mol. The smallest absolute Gasteiger partial charge is 0.187 e. The molecular formula is C23H46N6O13. The van der Waals surface area contributed by atoms with Gasteiger partial charge in [-0.15, -0.1) is 0 Å². The average Bonchev–Trinajstić information content (AvgIpc) is 3.27. The Bertz CT molecular complexity index is 868. The molecule has 4 rings (SSSR count). The maximum atomic E-state index is 11.1. The predicted molar refractivity (Wildman–Crippen MR) is 138 cm³/mol. The topological polar surface area (TPSA) is 353 Å². The van der Waals surface area contributed by atoms with Crippen molar-refractivity contribution in [2.24, 2.45) is 34.4 Å². The highest BCUT2D eigenvalue weighted by atomic mass is 16.8. The van der Waals surface area contributed by atoms with E-state index in [2.05, 4.69) is 0 Å². The predicted octanol–water partition coefficient (Wildman–Crippen LogP) is -8.90. The SMILES string of the molecule is NCC1O[C@H](OC2C(N)C[C@@H](N)C(O)[C@H]2O[C@@H]2O[C@H](CO)C(O[C@H]3O[C@@H](CN)C(O)C(O)C3N)C2O)C(N)[C@@H](O)C1O. The summed E-state index contributed by atoms with van der Waals surface area (Å²) in [6.07, 6.45) is -19.8. The van der Waals surface area contributed by atoms with E-state index in [4.69, 9.17) is 62.8 Å². The molecule has 19 nitrogen and oxygen atoms in total. The molecule has 246 valence electrons. The van der Waals surface area contributed by atoms with E-state index in [-0.39, 0.29) is 19.5 Å². The Balaban J connectivity index is 1.50. The van der Waals surface area contributed by atoms with Gasteiger partial charge in [-0.2, -0.15) is 0 Å². The molecule has 19 N–H and O–H groups in total. The number of aliphatic hydroxyl groups is 7. The first-order valence-electron chi connectivity index (χ1n) is 13.9. The van der Waals surface area contributed by atoms with Crippen molar-refractivity contribution in [3.8, 4) is 0 Å². The van der Waals surface area contributed by atoms with Crippen LogP contribution in [-0.4, -0.2) is 172 Å². The number of hydrogen-bond donors (Lipinski definition) is 13. The van der Waals surface area contributed by atoms with Crippen LogP contribution in [0.5, 0.6) is 0 Å². The first-order chi connectivity index (χ1) is 19.8. The van der Waals surface area contributed by atoms with Gasteiger partial charge in [0.05, 0.1) is 24.8 Å². The van der Waals surface area contributed by atoms with Crippen molar-refractivity contribution in [1.29, 1.82) is 0 Å². The molecular weight excluding hydrogens is 568 g/mol. The quantitative estimate of drug-likeness (QED) is 0.115. The molecule has 0 amide bonds. The fourth-order valence-electron chi connectivity index (χ4n) is 5.74. The summed E-state index contributed by atoms with van der Waals surface area (Å²) in [5.74, 6) is 0. The first kappa shape index (κ1) is 34.1. The number of aliphatic hydroxyl groups excluding tert-OH is 7. The largest absolute Gasteiger partial charge is 0.394 e. The second-order valence-corrected chi connectivity index (χ2v) is 11.2. The highest BCUT2D eigenvalue weighted by Crippen LogP contribution is 2.34. The molecule has 0 aromatic carbocycles. The van der Waals surface area contributed by atoms with Gasteiger partial charge in [-0.3, -0.25) is 0 Å². The third kappa shape index (κ3) is 6.60. The van der Waals surface area contributed by atoms with Crippen LogP contribution in [0.15, 0.2) is 0 Å². The van der Waals surface area contributed by atoms with Crippen LogP contribution in [-0.2, 0) is 28.4 Å². The van der Waals surface area contributed by atoms with Gasteiger partial charge in [-0.05, 0) is 6.42 Å². The third-order valence-electron chi connectivity index (χ3n) is 8.37. The molecule has 1 saturated carbocycles. The van der Waals surface area contributed by atoms with E-state index in [0.717, 1.165) is 0 Å². The maximum Gasteiger partial charge on any atom is 0.187 e. The van der Waals surface area contributed by atoms with Crippen molar-refractivity contribution in [2.75, 3.05) is 19.7 Å². The van der Waals surface area contributed by atoms with Gasteiger partial charge in [0, 0.05) is 25.2 Å². The summed E-state index contributed by atoms with van der Waals surface area (Å²) in [7, 11) is 0. The van der Waals surface area contributed by atoms with Crippen LogP contribution < -0.4 is 34.4 Å². The van der Waals surface area contributed by atoms with Gasteiger partial charge in [-0.25, -0.2) is 0 Å². The van der Waals surface area contributed by atoms with Crippen molar-refractivity contribution in [2.45, 2.75) is 123 Å². The lowest BCUT2D eigenvalue weighted by atomic mass is 9.84. The molecule has 3 heterocycles. The van der Waals surface area contributed by atoms with Crippen LogP contribution in [0.25, 0.3) is 0 Å². The Morgan fingerprint density at radius 1 is 0.524 bits per heavy atom. The molecule has 19 atom stereocenters. The van der Waals surface area contributed by atoms with Crippen molar-refractivity contribution >= 4 is 0 Å². The van der Waals surface area contributed by atoms with Crippen LogP contribution in [0.2, 0.25) is 0 Å². The molecule has 11 unspecified atom stereocenters. The Kier molecular flexibility index (Phi) is 11.5. The van der Waals surface area contributed by atoms with Crippen LogP contribution >= 0.6 is 0 Å². The van der Waals surface area contributed by atoms with E-state index in [9.17, 15) is 35.7 Å². The summed E-state index contributed by atoms with van der Waals surface area (Å²) in [6.45, 7) is -0.967. The summed E-state index contributed by atoms with van der Waals surface area (Å²) in [5.41, 5.74) is 35.6. The number of hydrogen-bond acceptors (Lipinski definition) is 19. The third-order valence-corrected chi connectivity index (χ3v) is 8.37. The Hall–Kier alpha value is -0.760. The lowest BCUT2D eigenvalue weighted by Gasteiger charge is -2.47. The molecule has 4 fully saturated rings. The molecule has 4 aliphatic rings.